The van der Waals surface area contributed by atoms with Crippen LogP contribution >= 0.6 is 0 Å². The number of hydrogen-bond donors (Lipinski definition) is 1. The first-order chi connectivity index (χ1) is 8.95. The van der Waals surface area contributed by atoms with Gasteiger partial charge in [0.05, 0.1) is 0 Å². The van der Waals surface area contributed by atoms with E-state index < -0.39 is 0 Å². The minimum atomic E-state index is 0.672. The zero-order chi connectivity index (χ0) is 14.7. The minimum absolute atomic E-state index is 0.672. The molecule has 0 aliphatic heterocycles. The molecular weight excluding hydrogens is 234 g/mol. The number of rotatable bonds is 12. The molecular formula is C16H37N3. The van der Waals surface area contributed by atoms with Crippen LogP contribution in [0.2, 0.25) is 0 Å². The molecule has 0 amide bonds. The molecule has 3 heteroatoms. The molecule has 0 heterocycles. The van der Waals surface area contributed by atoms with E-state index in [2.05, 4.69) is 56.9 Å². The topological polar surface area (TPSA) is 18.5 Å². The molecule has 0 aromatic carbocycles. The highest BCUT2D eigenvalue weighted by atomic mass is 15.2. The van der Waals surface area contributed by atoms with Crippen molar-refractivity contribution in [2.75, 3.05) is 46.8 Å². The van der Waals surface area contributed by atoms with E-state index in [-0.39, 0.29) is 0 Å². The van der Waals surface area contributed by atoms with Crippen LogP contribution in [0.4, 0.5) is 0 Å². The van der Waals surface area contributed by atoms with Crippen LogP contribution < -0.4 is 5.32 Å². The molecule has 0 aromatic heterocycles. The fourth-order valence-electron chi connectivity index (χ4n) is 2.39. The second-order valence-electron chi connectivity index (χ2n) is 6.45. The van der Waals surface area contributed by atoms with Crippen molar-refractivity contribution in [2.24, 2.45) is 5.92 Å². The third-order valence-electron chi connectivity index (χ3n) is 3.40. The summed E-state index contributed by atoms with van der Waals surface area (Å²) in [5, 5.41) is 3.49. The van der Waals surface area contributed by atoms with Gasteiger partial charge >= 0.3 is 0 Å². The van der Waals surface area contributed by atoms with Gasteiger partial charge in [-0.05, 0) is 52.9 Å². The molecule has 0 saturated heterocycles. The highest BCUT2D eigenvalue weighted by Gasteiger charge is 2.08. The van der Waals surface area contributed by atoms with Gasteiger partial charge in [0.25, 0.3) is 0 Å². The van der Waals surface area contributed by atoms with Gasteiger partial charge in [0.15, 0.2) is 0 Å². The molecule has 0 fully saturated rings. The van der Waals surface area contributed by atoms with Crippen molar-refractivity contribution >= 4 is 0 Å². The van der Waals surface area contributed by atoms with Crippen LogP contribution in [0.3, 0.4) is 0 Å². The predicted octanol–water partition coefficient (Wildman–Crippen LogP) is 2.67. The van der Waals surface area contributed by atoms with E-state index in [1.807, 2.05) is 0 Å². The van der Waals surface area contributed by atoms with E-state index in [0.29, 0.717) is 6.04 Å². The van der Waals surface area contributed by atoms with Crippen LogP contribution in [-0.4, -0.2) is 62.7 Å². The smallest absolute Gasteiger partial charge is 0.0109 e. The third kappa shape index (κ3) is 12.6. The zero-order valence-electron chi connectivity index (χ0n) is 14.2. The molecule has 1 atom stereocenters. The second kappa shape index (κ2) is 11.7. The van der Waals surface area contributed by atoms with Crippen molar-refractivity contribution in [2.45, 2.75) is 53.0 Å². The van der Waals surface area contributed by atoms with Crippen molar-refractivity contribution in [3.05, 3.63) is 0 Å². The van der Waals surface area contributed by atoms with Gasteiger partial charge < -0.3 is 15.1 Å². The zero-order valence-corrected chi connectivity index (χ0v) is 14.2. The van der Waals surface area contributed by atoms with Gasteiger partial charge in [-0.3, -0.25) is 0 Å². The van der Waals surface area contributed by atoms with Crippen molar-refractivity contribution in [3.8, 4) is 0 Å². The lowest BCUT2D eigenvalue weighted by molar-refractivity contribution is 0.214. The van der Waals surface area contributed by atoms with Crippen molar-refractivity contribution < 1.29 is 0 Å². The standard InChI is InChI=1S/C16H37N3/c1-7-17-16(4)10-8-9-11-19(14-15(2)3)13-12-18(5)6/h15-17H,7-14H2,1-6H3. The van der Waals surface area contributed by atoms with Crippen molar-refractivity contribution in [1.29, 1.82) is 0 Å². The number of likely N-dealkylation sites (N-methyl/N-ethyl adjacent to an activating group) is 1. The van der Waals surface area contributed by atoms with E-state index >= 15 is 0 Å². The highest BCUT2D eigenvalue weighted by molar-refractivity contribution is 4.64. The molecule has 0 spiro atoms. The molecule has 0 aromatic rings. The first kappa shape index (κ1) is 18.9. The molecule has 0 bridgehead atoms. The monoisotopic (exact) mass is 271 g/mol. The second-order valence-corrected chi connectivity index (χ2v) is 6.45. The molecule has 1 unspecified atom stereocenters. The maximum absolute atomic E-state index is 3.49. The van der Waals surface area contributed by atoms with Crippen LogP contribution in [-0.2, 0) is 0 Å². The molecule has 1 N–H and O–H groups in total. The van der Waals surface area contributed by atoms with Gasteiger partial charge in [-0.1, -0.05) is 27.2 Å². The molecule has 0 aliphatic carbocycles. The Morgan fingerprint density at radius 1 is 0.947 bits per heavy atom. The maximum atomic E-state index is 3.49. The number of unbranched alkanes of at least 4 members (excludes halogenated alkanes) is 1. The Morgan fingerprint density at radius 3 is 2.16 bits per heavy atom. The summed E-state index contributed by atoms with van der Waals surface area (Å²) < 4.78 is 0. The first-order valence-electron chi connectivity index (χ1n) is 8.06. The Labute approximate surface area is 121 Å². The van der Waals surface area contributed by atoms with Gasteiger partial charge in [0.2, 0.25) is 0 Å². The van der Waals surface area contributed by atoms with Gasteiger partial charge in [-0.2, -0.15) is 0 Å². The molecule has 0 aliphatic rings. The number of nitrogens with one attached hydrogen (secondary N) is 1. The molecule has 0 radical (unpaired) electrons. The lowest BCUT2D eigenvalue weighted by Crippen LogP contribution is -2.35. The van der Waals surface area contributed by atoms with Crippen LogP contribution in [0.25, 0.3) is 0 Å². The summed E-state index contributed by atoms with van der Waals surface area (Å²) in [6.45, 7) is 15.1. The van der Waals surface area contributed by atoms with Crippen LogP contribution in [0, 0.1) is 5.92 Å². The Balaban J connectivity index is 3.78. The predicted molar refractivity (Wildman–Crippen MR) is 86.8 cm³/mol. The molecule has 116 valence electrons. The largest absolute Gasteiger partial charge is 0.315 e. The van der Waals surface area contributed by atoms with Gasteiger partial charge in [-0.15, -0.1) is 0 Å². The quantitative estimate of drug-likeness (QED) is 0.551. The Bertz CT molecular complexity index is 192. The van der Waals surface area contributed by atoms with Crippen LogP contribution in [0.1, 0.15) is 47.0 Å². The normalized spacial score (nSPS) is 13.7. The SMILES string of the molecule is CCNC(C)CCCCN(CCN(C)C)CC(C)C. The average molecular weight is 271 g/mol. The fourth-order valence-corrected chi connectivity index (χ4v) is 2.39. The molecule has 0 saturated carbocycles. The summed E-state index contributed by atoms with van der Waals surface area (Å²) in [5.74, 6) is 0.767. The Hall–Kier alpha value is -0.120. The van der Waals surface area contributed by atoms with Gasteiger partial charge in [0, 0.05) is 25.7 Å². The molecule has 0 rings (SSSR count). The van der Waals surface area contributed by atoms with E-state index in [0.717, 1.165) is 12.5 Å². The summed E-state index contributed by atoms with van der Waals surface area (Å²) in [6.07, 6.45) is 3.97. The minimum Gasteiger partial charge on any atom is -0.315 e. The summed E-state index contributed by atoms with van der Waals surface area (Å²) in [5.41, 5.74) is 0. The van der Waals surface area contributed by atoms with E-state index in [9.17, 15) is 0 Å². The Kier molecular flexibility index (Phi) is 11.6. The van der Waals surface area contributed by atoms with Crippen molar-refractivity contribution in [1.82, 2.24) is 15.1 Å². The first-order valence-corrected chi connectivity index (χ1v) is 8.06. The lowest BCUT2D eigenvalue weighted by Gasteiger charge is -2.26. The number of nitrogens with zero attached hydrogens (tertiary/aromatic N) is 2. The summed E-state index contributed by atoms with van der Waals surface area (Å²) in [4.78, 5) is 4.91. The van der Waals surface area contributed by atoms with Gasteiger partial charge in [0.1, 0.15) is 0 Å². The summed E-state index contributed by atoms with van der Waals surface area (Å²) in [6, 6.07) is 0.672. The summed E-state index contributed by atoms with van der Waals surface area (Å²) in [7, 11) is 4.32. The van der Waals surface area contributed by atoms with Crippen LogP contribution in [0.15, 0.2) is 0 Å². The Morgan fingerprint density at radius 2 is 1.63 bits per heavy atom. The van der Waals surface area contributed by atoms with E-state index in [1.54, 1.807) is 0 Å². The van der Waals surface area contributed by atoms with Crippen molar-refractivity contribution in [3.63, 3.8) is 0 Å². The van der Waals surface area contributed by atoms with Gasteiger partial charge in [-0.25, -0.2) is 0 Å². The number of hydrogen-bond acceptors (Lipinski definition) is 3. The molecule has 3 nitrogen and oxygen atoms in total. The van der Waals surface area contributed by atoms with E-state index in [1.165, 1.54) is 45.4 Å². The highest BCUT2D eigenvalue weighted by Crippen LogP contribution is 2.05. The third-order valence-corrected chi connectivity index (χ3v) is 3.40. The maximum Gasteiger partial charge on any atom is 0.0109 e. The van der Waals surface area contributed by atoms with Crippen LogP contribution in [0.5, 0.6) is 0 Å². The lowest BCUT2D eigenvalue weighted by atomic mass is 10.1. The summed E-state index contributed by atoms with van der Waals surface area (Å²) >= 11 is 0. The average Bonchev–Trinajstić information content (AvgIpc) is 2.31. The molecule has 19 heavy (non-hydrogen) atoms. The fraction of sp³-hybridized carbons (Fsp3) is 1.00. The van der Waals surface area contributed by atoms with E-state index in [4.69, 9.17) is 0 Å².